The van der Waals surface area contributed by atoms with E-state index in [1.165, 1.54) is 22.9 Å². The fourth-order valence-electron chi connectivity index (χ4n) is 10.1. The number of ketones is 1. The van der Waals surface area contributed by atoms with Crippen molar-refractivity contribution in [3.05, 3.63) is 118 Å². The zero-order valence-electron chi connectivity index (χ0n) is 36.4. The third kappa shape index (κ3) is 9.34. The maximum absolute atomic E-state index is 15.2. The molecule has 0 spiro atoms. The van der Waals surface area contributed by atoms with Gasteiger partial charge in [-0.1, -0.05) is 35.9 Å². The Morgan fingerprint density at radius 3 is 2.48 bits per heavy atom. The molecular formula is C50H58FN9O3+2. The van der Waals surface area contributed by atoms with Crippen LogP contribution in [0.25, 0.3) is 22.2 Å². The number of piperidine rings is 2. The Morgan fingerprint density at radius 2 is 1.75 bits per heavy atom. The molecule has 3 aliphatic heterocycles. The number of nitrogens with one attached hydrogen (secondary N) is 1. The quantitative estimate of drug-likeness (QED) is 0.0776. The van der Waals surface area contributed by atoms with Crippen molar-refractivity contribution in [2.24, 2.45) is 13.0 Å². The molecule has 3 N–H and O–H groups in total. The highest BCUT2D eigenvalue weighted by molar-refractivity contribution is 5.97. The first-order chi connectivity index (χ1) is 30.6. The molecule has 2 unspecified atom stereocenters. The average molecular weight is 852 g/mol. The van der Waals surface area contributed by atoms with Crippen molar-refractivity contribution in [2.45, 2.75) is 76.8 Å². The van der Waals surface area contributed by atoms with E-state index >= 15 is 4.39 Å². The number of piperazine rings is 1. The summed E-state index contributed by atoms with van der Waals surface area (Å²) >= 11 is 0. The van der Waals surface area contributed by atoms with Gasteiger partial charge in [0.05, 0.1) is 23.5 Å². The number of amides is 1. The Hall–Kier alpha value is -6.08. The largest absolute Gasteiger partial charge is 0.454 e. The van der Waals surface area contributed by atoms with E-state index in [1.807, 2.05) is 37.4 Å². The first-order valence-corrected chi connectivity index (χ1v) is 22.6. The second kappa shape index (κ2) is 18.3. The topological polar surface area (TPSA) is 132 Å². The standard InChI is InChI=1S/C50H58FN9O3/c1-33-41(14-16-48(52)54-33)42-17-20-53-49-43(42)30-40(56(49)2)32-57-22-18-37(19-23-57)36-9-11-38(12-10-36)47(61)28-34-5-7-35(8-6-34)31-58-24-26-59(27-25-58)46-15-13-39(29-44(46)51)55-45-4-3-21-60(63)50(45)62/h5,9-17,20,29-31,35,37,45,55H,3-4,6-8,18-19,21-28,32H2,1-2H3,(H2,52,54)/q+2. The van der Waals surface area contributed by atoms with Crippen LogP contribution >= 0.6 is 0 Å². The molecular weight excluding hydrogens is 794 g/mol. The molecule has 0 bridgehead atoms. The summed E-state index contributed by atoms with van der Waals surface area (Å²) in [5.41, 5.74) is 15.7. The number of hydrogen-bond acceptors (Lipinski definition) is 9. The highest BCUT2D eigenvalue weighted by Crippen LogP contribution is 2.34. The lowest BCUT2D eigenvalue weighted by Crippen LogP contribution is -2.43. The summed E-state index contributed by atoms with van der Waals surface area (Å²) < 4.78 is 20.3. The highest BCUT2D eigenvalue weighted by atomic mass is 19.1. The van der Waals surface area contributed by atoms with Crippen LogP contribution in [0.3, 0.4) is 0 Å². The lowest BCUT2D eigenvalue weighted by atomic mass is 9.86. The lowest BCUT2D eigenvalue weighted by Gasteiger charge is -2.32. The number of aromatic nitrogens is 3. The van der Waals surface area contributed by atoms with E-state index in [1.54, 1.807) is 12.1 Å². The molecule has 0 radical (unpaired) electrons. The number of aryl methyl sites for hydroxylation is 2. The minimum absolute atomic E-state index is 0.184. The number of halogens is 1. The van der Waals surface area contributed by atoms with Crippen LogP contribution in [0.2, 0.25) is 0 Å². The zero-order valence-corrected chi connectivity index (χ0v) is 36.4. The van der Waals surface area contributed by atoms with Crippen molar-refractivity contribution < 1.29 is 23.3 Å². The van der Waals surface area contributed by atoms with E-state index < -0.39 is 11.9 Å². The van der Waals surface area contributed by atoms with Crippen LogP contribution in [-0.2, 0) is 18.4 Å². The summed E-state index contributed by atoms with van der Waals surface area (Å²) in [4.78, 5) is 51.1. The summed E-state index contributed by atoms with van der Waals surface area (Å²) in [6, 6.07) is 21.0. The summed E-state index contributed by atoms with van der Waals surface area (Å²) in [6.07, 6.45) is 13.2. The molecule has 3 fully saturated rings. The van der Waals surface area contributed by atoms with Gasteiger partial charge >= 0.3 is 5.91 Å². The summed E-state index contributed by atoms with van der Waals surface area (Å²) in [6.45, 7) is 8.15. The van der Waals surface area contributed by atoms with Gasteiger partial charge in [0.1, 0.15) is 23.5 Å². The Kier molecular flexibility index (Phi) is 12.3. The smallest absolute Gasteiger partial charge is 0.384 e. The van der Waals surface area contributed by atoms with Gasteiger partial charge in [-0.25, -0.2) is 23.7 Å². The Morgan fingerprint density at radius 1 is 0.952 bits per heavy atom. The number of hydrogen-bond donors (Lipinski definition) is 2. The third-order valence-corrected chi connectivity index (χ3v) is 13.8. The second-order valence-corrected chi connectivity index (χ2v) is 17.9. The molecule has 3 aromatic heterocycles. The SMILES string of the molecule is Cc1nc(N)ccc1-c1ccnc2c1cc(CN1CCC(c3ccc(C(=O)CC4=CCC(C=[N+]5CCN(c6ccc(NC7CCC[N+](=O)C7=O)cc6F)CC5)CC4)cc3)CC1)n2C. The summed E-state index contributed by atoms with van der Waals surface area (Å²) in [5.74, 6) is 0.789. The van der Waals surface area contributed by atoms with Gasteiger partial charge in [0.2, 0.25) is 6.54 Å². The van der Waals surface area contributed by atoms with Gasteiger partial charge in [-0.3, -0.25) is 9.69 Å². The minimum atomic E-state index is -0.612. The molecule has 2 atom stereocenters. The first kappa shape index (κ1) is 42.2. The molecule has 326 valence electrons. The van der Waals surface area contributed by atoms with Gasteiger partial charge in [0.15, 0.2) is 24.9 Å². The van der Waals surface area contributed by atoms with Crippen LogP contribution in [0, 0.1) is 23.6 Å². The van der Waals surface area contributed by atoms with Crippen molar-refractivity contribution in [1.29, 1.82) is 0 Å². The average Bonchev–Trinajstić information content (AvgIpc) is 3.61. The number of carbonyl (C=O) groups excluding carboxylic acids is 2. The molecule has 5 aromatic rings. The highest BCUT2D eigenvalue weighted by Gasteiger charge is 2.37. The molecule has 2 aromatic carbocycles. The number of Topliss-reactive ketones (excluding diaryl/α,β-unsaturated/α-hetero) is 1. The normalized spacial score (nSPS) is 20.3. The minimum Gasteiger partial charge on any atom is -0.384 e. The van der Waals surface area contributed by atoms with Crippen molar-refractivity contribution >= 4 is 46.1 Å². The predicted octanol–water partition coefficient (Wildman–Crippen LogP) is 7.83. The number of fused-ring (bicyclic) bond motifs is 1. The van der Waals surface area contributed by atoms with E-state index in [4.69, 9.17) is 10.7 Å². The van der Waals surface area contributed by atoms with Crippen LogP contribution in [0.1, 0.15) is 84.6 Å². The number of benzene rings is 2. The number of allylic oxidation sites excluding steroid dienone is 2. The molecule has 3 saturated heterocycles. The van der Waals surface area contributed by atoms with E-state index in [0.29, 0.717) is 66.1 Å². The van der Waals surface area contributed by atoms with Crippen LogP contribution in [0.4, 0.5) is 21.6 Å². The van der Waals surface area contributed by atoms with E-state index in [2.05, 4.69) is 72.8 Å². The number of nitrogen functional groups attached to an aromatic ring is 1. The second-order valence-electron chi connectivity index (χ2n) is 17.9. The number of rotatable bonds is 11. The number of anilines is 3. The Labute approximate surface area is 368 Å². The van der Waals surface area contributed by atoms with Gasteiger partial charge in [-0.05, 0) is 118 Å². The molecule has 1 aliphatic carbocycles. The Bertz CT molecular complexity index is 2600. The Balaban J connectivity index is 0.723. The van der Waals surface area contributed by atoms with Gasteiger partial charge in [0.25, 0.3) is 0 Å². The molecule has 0 saturated carbocycles. The number of nitrogens with two attached hydrogens (primary N) is 1. The summed E-state index contributed by atoms with van der Waals surface area (Å²) in [5, 5.41) is 4.17. The lowest BCUT2D eigenvalue weighted by molar-refractivity contribution is -0.527. The maximum atomic E-state index is 15.2. The number of pyridine rings is 2. The van der Waals surface area contributed by atoms with Crippen molar-refractivity contribution in [1.82, 2.24) is 19.4 Å². The van der Waals surface area contributed by atoms with Gasteiger partial charge in [-0.15, -0.1) is 0 Å². The van der Waals surface area contributed by atoms with Crippen molar-refractivity contribution in [2.75, 3.05) is 61.8 Å². The van der Waals surface area contributed by atoms with E-state index in [9.17, 15) is 14.5 Å². The molecule has 1 amide bonds. The molecule has 13 heteroatoms. The molecule has 6 heterocycles. The van der Waals surface area contributed by atoms with Crippen LogP contribution in [0.5, 0.6) is 0 Å². The van der Waals surface area contributed by atoms with Crippen LogP contribution in [0.15, 0.2) is 84.6 Å². The van der Waals surface area contributed by atoms with Crippen molar-refractivity contribution in [3.63, 3.8) is 0 Å². The van der Waals surface area contributed by atoms with Crippen molar-refractivity contribution in [3.8, 4) is 11.1 Å². The summed E-state index contributed by atoms with van der Waals surface area (Å²) in [7, 11) is 2.10. The van der Waals surface area contributed by atoms with E-state index in [0.717, 1.165) is 98.2 Å². The molecule has 63 heavy (non-hydrogen) atoms. The monoisotopic (exact) mass is 851 g/mol. The maximum Gasteiger partial charge on any atom is 0.454 e. The fraction of sp³-hybridized carbons (Fsp3) is 0.420. The predicted molar refractivity (Wildman–Crippen MR) is 246 cm³/mol. The number of likely N-dealkylation sites (tertiary alicyclic amines) is 1. The van der Waals surface area contributed by atoms with Crippen LogP contribution < -0.4 is 16.0 Å². The van der Waals surface area contributed by atoms with Gasteiger partial charge in [0, 0.05) is 77.0 Å². The first-order valence-electron chi connectivity index (χ1n) is 22.6. The number of carbonyl (C=O) groups is 2. The third-order valence-electron chi connectivity index (χ3n) is 13.8. The zero-order chi connectivity index (χ0) is 43.6. The number of nitroso groups, excluding NO2 is 1. The molecule has 9 rings (SSSR count). The van der Waals surface area contributed by atoms with Gasteiger partial charge < -0.3 is 20.5 Å². The van der Waals surface area contributed by atoms with E-state index in [-0.39, 0.29) is 18.1 Å². The molecule has 12 nitrogen and oxygen atoms in total. The molecule has 4 aliphatic rings. The van der Waals surface area contributed by atoms with Crippen LogP contribution in [-0.4, -0.2) is 98.5 Å². The number of nitrogens with zero attached hydrogens (tertiary/aromatic N) is 7. The van der Waals surface area contributed by atoms with Gasteiger partial charge in [-0.2, -0.15) is 0 Å². The fourth-order valence-corrected chi connectivity index (χ4v) is 10.1.